The third-order valence-corrected chi connectivity index (χ3v) is 4.66. The molecule has 118 valence electrons. The monoisotopic (exact) mass is 308 g/mol. The molecule has 4 rings (SSSR count). The Hall–Kier alpha value is -1.62. The topological polar surface area (TPSA) is 27.7 Å². The summed E-state index contributed by atoms with van der Waals surface area (Å²) in [6.07, 6.45) is 3.79. The highest BCUT2D eigenvalue weighted by Crippen LogP contribution is 2.27. The van der Waals surface area contributed by atoms with Crippen LogP contribution in [0.2, 0.25) is 0 Å². The third kappa shape index (κ3) is 3.35. The number of hydrogen-bond donors (Lipinski definition) is 0. The maximum Gasteiger partial charge on any atom is 0.494 e. The Morgan fingerprint density at radius 3 is 2.13 bits per heavy atom. The fourth-order valence-electron chi connectivity index (χ4n) is 3.28. The van der Waals surface area contributed by atoms with E-state index in [1.54, 1.807) is 0 Å². The van der Waals surface area contributed by atoms with Gasteiger partial charge in [-0.1, -0.05) is 48.5 Å². The van der Waals surface area contributed by atoms with Gasteiger partial charge in [-0.2, -0.15) is 0 Å². The maximum atomic E-state index is 5.95. The van der Waals surface area contributed by atoms with Gasteiger partial charge in [0.25, 0.3) is 0 Å². The van der Waals surface area contributed by atoms with Crippen LogP contribution in [0.1, 0.15) is 42.1 Å². The number of hydrogen-bond acceptors (Lipinski definition) is 3. The molecule has 2 aliphatic heterocycles. The Bertz CT molecular complexity index is 623. The zero-order valence-electron chi connectivity index (χ0n) is 13.2. The average Bonchev–Trinajstić information content (AvgIpc) is 2.85. The molecule has 1 fully saturated rings. The van der Waals surface area contributed by atoms with Crippen LogP contribution in [0.4, 0.5) is 0 Å². The van der Waals surface area contributed by atoms with Crippen molar-refractivity contribution in [3.63, 3.8) is 0 Å². The summed E-state index contributed by atoms with van der Waals surface area (Å²) < 4.78 is 17.7. The fraction of sp³-hybridized carbons (Fsp3) is 0.368. The zero-order valence-corrected chi connectivity index (χ0v) is 13.2. The quantitative estimate of drug-likeness (QED) is 0.796. The zero-order chi connectivity index (χ0) is 15.5. The molecule has 2 heterocycles. The Morgan fingerprint density at radius 1 is 0.826 bits per heavy atom. The molecule has 2 aromatic carbocycles. The van der Waals surface area contributed by atoms with E-state index in [4.69, 9.17) is 14.0 Å². The standard InChI is InChI=1S/C19H21BO3/c1-2-6-17-14-23-20(22-13-16(17)5-1)18-10-8-15(9-11-18)19-7-3-4-12-21-19/h1-2,5-6,8-11,19H,3-4,7,12-14H2. The van der Waals surface area contributed by atoms with Gasteiger partial charge in [0.05, 0.1) is 19.3 Å². The highest BCUT2D eigenvalue weighted by Gasteiger charge is 2.25. The molecule has 0 amide bonds. The molecular weight excluding hydrogens is 287 g/mol. The number of rotatable bonds is 2. The first-order valence-corrected chi connectivity index (χ1v) is 8.41. The molecule has 1 saturated heterocycles. The van der Waals surface area contributed by atoms with Crippen molar-refractivity contribution in [3.05, 3.63) is 65.2 Å². The highest BCUT2D eigenvalue weighted by atomic mass is 16.6. The van der Waals surface area contributed by atoms with Crippen molar-refractivity contribution in [3.8, 4) is 0 Å². The number of fused-ring (bicyclic) bond motifs is 1. The number of benzene rings is 2. The van der Waals surface area contributed by atoms with Crippen LogP contribution in [0.3, 0.4) is 0 Å². The van der Waals surface area contributed by atoms with Gasteiger partial charge in [0.15, 0.2) is 0 Å². The Kier molecular flexibility index (Phi) is 4.47. The lowest BCUT2D eigenvalue weighted by Crippen LogP contribution is -2.35. The van der Waals surface area contributed by atoms with Crippen molar-refractivity contribution in [2.24, 2.45) is 0 Å². The van der Waals surface area contributed by atoms with Crippen LogP contribution in [0.15, 0.2) is 48.5 Å². The highest BCUT2D eigenvalue weighted by molar-refractivity contribution is 6.61. The summed E-state index contributed by atoms with van der Waals surface area (Å²) in [6.45, 7) is 2.06. The molecule has 3 nitrogen and oxygen atoms in total. The van der Waals surface area contributed by atoms with Gasteiger partial charge in [0, 0.05) is 6.61 Å². The molecule has 0 radical (unpaired) electrons. The second kappa shape index (κ2) is 6.87. The normalized spacial score (nSPS) is 21.6. The summed E-state index contributed by atoms with van der Waals surface area (Å²) in [5.41, 5.74) is 4.74. The molecule has 2 aliphatic rings. The van der Waals surface area contributed by atoms with E-state index in [-0.39, 0.29) is 13.2 Å². The summed E-state index contributed by atoms with van der Waals surface area (Å²) in [6, 6.07) is 16.8. The molecule has 0 spiro atoms. The third-order valence-electron chi connectivity index (χ3n) is 4.66. The lowest BCUT2D eigenvalue weighted by atomic mass is 9.78. The molecule has 0 aromatic heterocycles. The van der Waals surface area contributed by atoms with Crippen LogP contribution in [-0.4, -0.2) is 13.7 Å². The van der Waals surface area contributed by atoms with Crippen molar-refractivity contribution in [2.45, 2.75) is 38.6 Å². The van der Waals surface area contributed by atoms with E-state index in [0.717, 1.165) is 18.5 Å². The van der Waals surface area contributed by atoms with E-state index in [2.05, 4.69) is 36.4 Å². The Balaban J connectivity index is 1.46. The fourth-order valence-corrected chi connectivity index (χ4v) is 3.28. The van der Waals surface area contributed by atoms with Crippen molar-refractivity contribution < 1.29 is 14.0 Å². The van der Waals surface area contributed by atoms with Gasteiger partial charge >= 0.3 is 7.12 Å². The molecule has 0 N–H and O–H groups in total. The van der Waals surface area contributed by atoms with Gasteiger partial charge < -0.3 is 14.0 Å². The molecule has 23 heavy (non-hydrogen) atoms. The lowest BCUT2D eigenvalue weighted by molar-refractivity contribution is 0.0149. The van der Waals surface area contributed by atoms with Gasteiger partial charge in [0.1, 0.15) is 0 Å². The van der Waals surface area contributed by atoms with Crippen molar-refractivity contribution in [1.29, 1.82) is 0 Å². The van der Waals surface area contributed by atoms with Crippen LogP contribution in [0, 0.1) is 0 Å². The predicted octanol–water partition coefficient (Wildman–Crippen LogP) is 3.37. The maximum absolute atomic E-state index is 5.95. The summed E-state index contributed by atoms with van der Waals surface area (Å²) in [4.78, 5) is 0. The largest absolute Gasteiger partial charge is 0.494 e. The molecule has 0 saturated carbocycles. The lowest BCUT2D eigenvalue weighted by Gasteiger charge is -2.23. The summed E-state index contributed by atoms with van der Waals surface area (Å²) >= 11 is 0. The van der Waals surface area contributed by atoms with Crippen molar-refractivity contribution in [2.75, 3.05) is 6.61 Å². The Labute approximate surface area is 137 Å². The Morgan fingerprint density at radius 2 is 1.52 bits per heavy atom. The molecule has 4 heteroatoms. The summed E-state index contributed by atoms with van der Waals surface area (Å²) in [5.74, 6) is 0. The van der Waals surface area contributed by atoms with E-state index in [9.17, 15) is 0 Å². The van der Waals surface area contributed by atoms with E-state index in [0.29, 0.717) is 13.2 Å². The smallest absolute Gasteiger partial charge is 0.403 e. The molecule has 1 atom stereocenters. The van der Waals surface area contributed by atoms with Crippen molar-refractivity contribution in [1.82, 2.24) is 0 Å². The first kappa shape index (κ1) is 14.9. The van der Waals surface area contributed by atoms with Crippen molar-refractivity contribution >= 4 is 12.6 Å². The minimum atomic E-state index is -0.302. The molecule has 0 aliphatic carbocycles. The minimum Gasteiger partial charge on any atom is -0.403 e. The average molecular weight is 308 g/mol. The van der Waals surface area contributed by atoms with Crippen LogP contribution in [0.5, 0.6) is 0 Å². The van der Waals surface area contributed by atoms with E-state index in [1.807, 2.05) is 12.1 Å². The van der Waals surface area contributed by atoms with Gasteiger partial charge in [-0.25, -0.2) is 0 Å². The molecule has 2 aromatic rings. The van der Waals surface area contributed by atoms with Gasteiger partial charge in [-0.3, -0.25) is 0 Å². The molecule has 1 unspecified atom stereocenters. The number of ether oxygens (including phenoxy) is 1. The van der Waals surface area contributed by atoms with Crippen LogP contribution < -0.4 is 5.46 Å². The van der Waals surface area contributed by atoms with Crippen LogP contribution in [-0.2, 0) is 27.3 Å². The summed E-state index contributed by atoms with van der Waals surface area (Å²) in [7, 11) is -0.302. The molecular formula is C19H21BO3. The first-order chi connectivity index (χ1) is 11.4. The second-order valence-corrected chi connectivity index (χ2v) is 6.24. The first-order valence-electron chi connectivity index (χ1n) is 8.41. The molecule has 0 bridgehead atoms. The van der Waals surface area contributed by atoms with Crippen LogP contribution >= 0.6 is 0 Å². The van der Waals surface area contributed by atoms with Crippen LogP contribution in [0.25, 0.3) is 0 Å². The van der Waals surface area contributed by atoms with E-state index in [1.165, 1.54) is 29.5 Å². The SMILES string of the molecule is c1ccc2c(c1)COB(c1ccc(C3CCCCO3)cc1)OC2. The predicted molar refractivity (Wildman–Crippen MR) is 90.4 cm³/mol. The minimum absolute atomic E-state index is 0.248. The van der Waals surface area contributed by atoms with E-state index >= 15 is 0 Å². The van der Waals surface area contributed by atoms with Gasteiger partial charge in [-0.05, 0) is 41.4 Å². The summed E-state index contributed by atoms with van der Waals surface area (Å²) in [5, 5.41) is 0. The second-order valence-electron chi connectivity index (χ2n) is 6.24. The van der Waals surface area contributed by atoms with Gasteiger partial charge in [-0.15, -0.1) is 0 Å². The van der Waals surface area contributed by atoms with Gasteiger partial charge in [0.2, 0.25) is 0 Å². The van der Waals surface area contributed by atoms with E-state index < -0.39 is 0 Å².